The highest BCUT2D eigenvalue weighted by molar-refractivity contribution is 7.10. The quantitative estimate of drug-likeness (QED) is 0.807. The summed E-state index contributed by atoms with van der Waals surface area (Å²) in [6, 6.07) is 4.35. The lowest BCUT2D eigenvalue weighted by Crippen LogP contribution is -2.10. The van der Waals surface area contributed by atoms with Crippen molar-refractivity contribution in [3.05, 3.63) is 22.4 Å². The Balaban J connectivity index is 2.06. The lowest BCUT2D eigenvalue weighted by atomic mass is 9.87. The van der Waals surface area contributed by atoms with Crippen LogP contribution in [0.5, 0.6) is 0 Å². The molecule has 2 rings (SSSR count). The van der Waals surface area contributed by atoms with Gasteiger partial charge >= 0.3 is 0 Å². The first-order valence-corrected chi connectivity index (χ1v) is 6.44. The molecule has 1 unspecified atom stereocenters. The molecule has 1 saturated carbocycles. The van der Waals surface area contributed by atoms with Crippen LogP contribution in [0, 0.1) is 5.92 Å². The van der Waals surface area contributed by atoms with E-state index in [1.165, 1.54) is 30.6 Å². The van der Waals surface area contributed by atoms with Gasteiger partial charge in [0.1, 0.15) is 0 Å². The molecule has 1 aliphatic rings. The Labute approximate surface area is 89.8 Å². The third-order valence-corrected chi connectivity index (χ3v) is 4.32. The highest BCUT2D eigenvalue weighted by atomic mass is 32.1. The smallest absolute Gasteiger partial charge is 0.0437 e. The van der Waals surface area contributed by atoms with Crippen LogP contribution in [0.25, 0.3) is 0 Å². The Hall–Kier alpha value is -0.340. The minimum atomic E-state index is 0.332. The number of hydrogen-bond acceptors (Lipinski definition) is 2. The second-order valence-corrected chi connectivity index (χ2v) is 5.16. The third kappa shape index (κ3) is 2.18. The molecule has 1 atom stereocenters. The number of rotatable bonds is 4. The van der Waals surface area contributed by atoms with Gasteiger partial charge in [0.15, 0.2) is 0 Å². The van der Waals surface area contributed by atoms with E-state index in [0.29, 0.717) is 12.5 Å². The van der Waals surface area contributed by atoms with E-state index in [1.54, 1.807) is 0 Å². The van der Waals surface area contributed by atoms with Gasteiger partial charge in [-0.25, -0.2) is 0 Å². The fourth-order valence-corrected chi connectivity index (χ4v) is 3.57. The van der Waals surface area contributed by atoms with Gasteiger partial charge < -0.3 is 5.11 Å². The largest absolute Gasteiger partial charge is 0.396 e. The van der Waals surface area contributed by atoms with Crippen LogP contribution in [0.3, 0.4) is 0 Å². The fourth-order valence-electron chi connectivity index (χ4n) is 2.61. The minimum absolute atomic E-state index is 0.332. The topological polar surface area (TPSA) is 20.2 Å². The summed E-state index contributed by atoms with van der Waals surface area (Å²) < 4.78 is 0. The van der Waals surface area contributed by atoms with Crippen molar-refractivity contribution >= 4 is 11.3 Å². The molecule has 0 aromatic carbocycles. The molecule has 0 amide bonds. The molecule has 14 heavy (non-hydrogen) atoms. The summed E-state index contributed by atoms with van der Waals surface area (Å²) in [5.41, 5.74) is 0. The number of aliphatic hydroxyl groups is 1. The van der Waals surface area contributed by atoms with Crippen molar-refractivity contribution in [2.24, 2.45) is 5.92 Å². The molecule has 1 heterocycles. The number of thiophene rings is 1. The Morgan fingerprint density at radius 3 is 2.79 bits per heavy atom. The van der Waals surface area contributed by atoms with Crippen LogP contribution in [-0.2, 0) is 0 Å². The highest BCUT2D eigenvalue weighted by Gasteiger charge is 2.26. The van der Waals surface area contributed by atoms with Crippen LogP contribution in [0.1, 0.15) is 42.9 Å². The maximum atomic E-state index is 9.10. The monoisotopic (exact) mass is 210 g/mol. The first kappa shape index (κ1) is 10.2. The van der Waals surface area contributed by atoms with Gasteiger partial charge in [0.25, 0.3) is 0 Å². The SMILES string of the molecule is OCCC(c1cccs1)C1CCCC1. The van der Waals surface area contributed by atoms with Gasteiger partial charge in [-0.3, -0.25) is 0 Å². The molecule has 1 aromatic rings. The Kier molecular flexibility index (Phi) is 3.60. The molecule has 1 aromatic heterocycles. The summed E-state index contributed by atoms with van der Waals surface area (Å²) >= 11 is 1.85. The van der Waals surface area contributed by atoms with Crippen molar-refractivity contribution < 1.29 is 5.11 Å². The van der Waals surface area contributed by atoms with E-state index in [-0.39, 0.29) is 0 Å². The molecule has 2 heteroatoms. The van der Waals surface area contributed by atoms with Gasteiger partial charge in [-0.2, -0.15) is 0 Å². The summed E-state index contributed by atoms with van der Waals surface area (Å²) in [6.07, 6.45) is 6.45. The molecule has 0 bridgehead atoms. The maximum Gasteiger partial charge on any atom is 0.0437 e. The van der Waals surface area contributed by atoms with Crippen molar-refractivity contribution in [2.45, 2.75) is 38.0 Å². The zero-order chi connectivity index (χ0) is 9.80. The van der Waals surface area contributed by atoms with Crippen molar-refractivity contribution in [2.75, 3.05) is 6.61 Å². The van der Waals surface area contributed by atoms with E-state index < -0.39 is 0 Å². The molecule has 0 radical (unpaired) electrons. The number of aliphatic hydroxyl groups excluding tert-OH is 1. The molecule has 1 N–H and O–H groups in total. The standard InChI is InChI=1S/C12H18OS/c13-8-7-11(10-4-1-2-5-10)12-6-3-9-14-12/h3,6,9-11,13H,1-2,4-5,7-8H2. The summed E-state index contributed by atoms with van der Waals surface area (Å²) in [5.74, 6) is 1.46. The Bertz CT molecular complexity index is 249. The van der Waals surface area contributed by atoms with Crippen LogP contribution in [0.15, 0.2) is 17.5 Å². The summed E-state index contributed by atoms with van der Waals surface area (Å²) in [4.78, 5) is 1.48. The zero-order valence-electron chi connectivity index (χ0n) is 8.48. The second kappa shape index (κ2) is 4.94. The molecule has 0 saturated heterocycles. The molecule has 1 fully saturated rings. The van der Waals surface area contributed by atoms with Gasteiger partial charge in [-0.15, -0.1) is 11.3 Å². The predicted molar refractivity (Wildman–Crippen MR) is 60.7 cm³/mol. The first-order chi connectivity index (χ1) is 6.92. The third-order valence-electron chi connectivity index (χ3n) is 3.32. The van der Waals surface area contributed by atoms with E-state index in [2.05, 4.69) is 17.5 Å². The van der Waals surface area contributed by atoms with Crippen molar-refractivity contribution in [1.82, 2.24) is 0 Å². The van der Waals surface area contributed by atoms with Gasteiger partial charge in [-0.1, -0.05) is 18.9 Å². The average molecular weight is 210 g/mol. The van der Waals surface area contributed by atoms with E-state index in [4.69, 9.17) is 5.11 Å². The molecule has 1 nitrogen and oxygen atoms in total. The molecule has 0 aliphatic heterocycles. The van der Waals surface area contributed by atoms with Crippen LogP contribution in [-0.4, -0.2) is 11.7 Å². The van der Waals surface area contributed by atoms with E-state index in [9.17, 15) is 0 Å². The lowest BCUT2D eigenvalue weighted by Gasteiger charge is -2.21. The average Bonchev–Trinajstić information content (AvgIpc) is 2.87. The van der Waals surface area contributed by atoms with E-state index in [1.807, 2.05) is 11.3 Å². The second-order valence-electron chi connectivity index (χ2n) is 4.18. The van der Waals surface area contributed by atoms with Gasteiger partial charge in [0.2, 0.25) is 0 Å². The van der Waals surface area contributed by atoms with Crippen molar-refractivity contribution in [3.63, 3.8) is 0 Å². The van der Waals surface area contributed by atoms with E-state index in [0.717, 1.165) is 12.3 Å². The molecule has 78 valence electrons. The van der Waals surface area contributed by atoms with Crippen LogP contribution >= 0.6 is 11.3 Å². The van der Waals surface area contributed by atoms with Crippen LogP contribution in [0.2, 0.25) is 0 Å². The molecule has 1 aliphatic carbocycles. The molecule has 0 spiro atoms. The predicted octanol–water partition coefficient (Wildman–Crippen LogP) is 3.40. The fraction of sp³-hybridized carbons (Fsp3) is 0.667. The summed E-state index contributed by atoms with van der Waals surface area (Å²) in [5, 5.41) is 11.2. The van der Waals surface area contributed by atoms with Crippen LogP contribution in [0.4, 0.5) is 0 Å². The van der Waals surface area contributed by atoms with Crippen molar-refractivity contribution in [3.8, 4) is 0 Å². The maximum absolute atomic E-state index is 9.10. The number of hydrogen-bond donors (Lipinski definition) is 1. The molecular formula is C12H18OS. The van der Waals surface area contributed by atoms with Gasteiger partial charge in [0, 0.05) is 11.5 Å². The lowest BCUT2D eigenvalue weighted by molar-refractivity contribution is 0.255. The minimum Gasteiger partial charge on any atom is -0.396 e. The summed E-state index contributed by atoms with van der Waals surface area (Å²) in [7, 11) is 0. The zero-order valence-corrected chi connectivity index (χ0v) is 9.30. The first-order valence-electron chi connectivity index (χ1n) is 5.56. The normalized spacial score (nSPS) is 20.1. The van der Waals surface area contributed by atoms with E-state index >= 15 is 0 Å². The van der Waals surface area contributed by atoms with Gasteiger partial charge in [0.05, 0.1) is 0 Å². The Morgan fingerprint density at radius 2 is 2.21 bits per heavy atom. The molecular weight excluding hydrogens is 192 g/mol. The van der Waals surface area contributed by atoms with Crippen molar-refractivity contribution in [1.29, 1.82) is 0 Å². The summed E-state index contributed by atoms with van der Waals surface area (Å²) in [6.45, 7) is 0.332. The highest BCUT2D eigenvalue weighted by Crippen LogP contribution is 2.40. The van der Waals surface area contributed by atoms with Gasteiger partial charge in [-0.05, 0) is 42.5 Å². The Morgan fingerprint density at radius 1 is 1.43 bits per heavy atom. The van der Waals surface area contributed by atoms with Crippen LogP contribution < -0.4 is 0 Å².